The number of carbonyl (C=O) groups excluding carboxylic acids is 1. The van der Waals surface area contributed by atoms with Crippen molar-refractivity contribution in [2.24, 2.45) is 0 Å². The van der Waals surface area contributed by atoms with Gasteiger partial charge in [-0.2, -0.15) is 0 Å². The molecule has 0 saturated heterocycles. The second-order valence-electron chi connectivity index (χ2n) is 6.95. The molecule has 0 unspecified atom stereocenters. The molecule has 0 spiro atoms. The van der Waals surface area contributed by atoms with E-state index in [9.17, 15) is 9.59 Å². The number of nitrogens with zero attached hydrogens (tertiary/aromatic N) is 5. The molecule has 1 N–H and O–H groups in total. The van der Waals surface area contributed by atoms with Crippen LogP contribution in [0.3, 0.4) is 0 Å². The molecule has 2 aromatic heterocycles. The molecule has 164 valence electrons. The molecule has 10 heteroatoms. The van der Waals surface area contributed by atoms with E-state index in [0.717, 1.165) is 11.3 Å². The minimum absolute atomic E-state index is 0.101. The molecule has 4 rings (SSSR count). The Kier molecular flexibility index (Phi) is 6.11. The zero-order chi connectivity index (χ0) is 22.5. The number of carbonyl (C=O) groups is 1. The second-order valence-corrected chi connectivity index (χ2v) is 6.95. The maximum atomic E-state index is 12.8. The first-order valence-corrected chi connectivity index (χ1v) is 10.0. The van der Waals surface area contributed by atoms with Gasteiger partial charge in [-0.15, -0.1) is 5.10 Å². The summed E-state index contributed by atoms with van der Waals surface area (Å²) in [6.45, 7) is 2.64. The van der Waals surface area contributed by atoms with Crippen LogP contribution in [0.25, 0.3) is 11.2 Å². The van der Waals surface area contributed by atoms with Gasteiger partial charge in [0.2, 0.25) is 5.91 Å². The van der Waals surface area contributed by atoms with Crippen molar-refractivity contribution in [3.8, 4) is 11.5 Å². The van der Waals surface area contributed by atoms with Gasteiger partial charge < -0.3 is 14.8 Å². The fraction of sp³-hybridized carbons (Fsp3) is 0.227. The molecule has 0 saturated carbocycles. The highest BCUT2D eigenvalue weighted by atomic mass is 16.5. The van der Waals surface area contributed by atoms with Crippen LogP contribution in [0.4, 0.5) is 5.69 Å². The summed E-state index contributed by atoms with van der Waals surface area (Å²) < 4.78 is 13.4. The molecule has 0 fully saturated rings. The number of ether oxygens (including phenoxy) is 2. The van der Waals surface area contributed by atoms with Crippen molar-refractivity contribution < 1.29 is 14.3 Å². The topological polar surface area (TPSA) is 113 Å². The van der Waals surface area contributed by atoms with Crippen LogP contribution in [0.2, 0.25) is 0 Å². The van der Waals surface area contributed by atoms with Crippen LogP contribution in [-0.4, -0.2) is 44.2 Å². The Labute approximate surface area is 183 Å². The lowest BCUT2D eigenvalue weighted by molar-refractivity contribution is -0.116. The summed E-state index contributed by atoms with van der Waals surface area (Å²) in [5, 5.41) is 10.8. The Morgan fingerprint density at radius 1 is 1.12 bits per heavy atom. The summed E-state index contributed by atoms with van der Waals surface area (Å²) in [6, 6.07) is 14.5. The van der Waals surface area contributed by atoms with Crippen LogP contribution in [0.5, 0.6) is 11.5 Å². The summed E-state index contributed by atoms with van der Waals surface area (Å²) in [5.41, 5.74) is 1.54. The lowest BCUT2D eigenvalue weighted by atomic mass is 10.2. The SMILES string of the molecule is CCOc1ccc(NC(=O)Cn2cnc3c(nnn3Cc3cccc(OC)c3)c2=O)cc1. The van der Waals surface area contributed by atoms with Crippen molar-refractivity contribution in [2.75, 3.05) is 19.0 Å². The highest BCUT2D eigenvalue weighted by Gasteiger charge is 2.14. The third kappa shape index (κ3) is 4.59. The summed E-state index contributed by atoms with van der Waals surface area (Å²) in [6.07, 6.45) is 1.33. The molecule has 2 aromatic carbocycles. The van der Waals surface area contributed by atoms with Crippen LogP contribution < -0.4 is 20.3 Å². The predicted molar refractivity (Wildman–Crippen MR) is 118 cm³/mol. The van der Waals surface area contributed by atoms with E-state index in [-0.39, 0.29) is 18.0 Å². The van der Waals surface area contributed by atoms with E-state index in [0.29, 0.717) is 30.2 Å². The molecular weight excluding hydrogens is 412 g/mol. The maximum Gasteiger partial charge on any atom is 0.283 e. The summed E-state index contributed by atoms with van der Waals surface area (Å²) >= 11 is 0. The molecule has 0 bridgehead atoms. The van der Waals surface area contributed by atoms with E-state index in [1.807, 2.05) is 31.2 Å². The molecule has 0 radical (unpaired) electrons. The van der Waals surface area contributed by atoms with Crippen LogP contribution >= 0.6 is 0 Å². The molecule has 0 aliphatic heterocycles. The fourth-order valence-corrected chi connectivity index (χ4v) is 3.21. The Balaban J connectivity index is 1.48. The standard InChI is InChI=1S/C22H22N6O4/c1-3-32-17-9-7-16(8-10-17)24-19(29)13-27-14-23-21-20(22(27)30)25-26-28(21)12-15-5-4-6-18(11-15)31-2/h4-11,14H,3,12-13H2,1-2H3,(H,24,29). The number of hydrogen-bond acceptors (Lipinski definition) is 7. The number of aromatic nitrogens is 5. The first-order chi connectivity index (χ1) is 15.6. The van der Waals surface area contributed by atoms with Gasteiger partial charge in [0.05, 0.1) is 20.3 Å². The second kappa shape index (κ2) is 9.29. The normalized spacial score (nSPS) is 10.8. The van der Waals surface area contributed by atoms with E-state index >= 15 is 0 Å². The Morgan fingerprint density at radius 3 is 2.69 bits per heavy atom. The summed E-state index contributed by atoms with van der Waals surface area (Å²) in [5.74, 6) is 1.08. The monoisotopic (exact) mass is 434 g/mol. The minimum Gasteiger partial charge on any atom is -0.497 e. The number of rotatable bonds is 8. The molecule has 4 aromatic rings. The van der Waals surface area contributed by atoms with Crippen molar-refractivity contribution in [1.82, 2.24) is 24.5 Å². The zero-order valence-corrected chi connectivity index (χ0v) is 17.7. The zero-order valence-electron chi connectivity index (χ0n) is 17.7. The Hall–Kier alpha value is -4.21. The Morgan fingerprint density at radius 2 is 1.94 bits per heavy atom. The van der Waals surface area contributed by atoms with E-state index in [1.165, 1.54) is 15.6 Å². The lowest BCUT2D eigenvalue weighted by Crippen LogP contribution is -2.28. The van der Waals surface area contributed by atoms with Gasteiger partial charge in [-0.3, -0.25) is 14.2 Å². The number of nitrogens with one attached hydrogen (secondary N) is 1. The molecule has 32 heavy (non-hydrogen) atoms. The van der Waals surface area contributed by atoms with E-state index < -0.39 is 5.56 Å². The van der Waals surface area contributed by atoms with Crippen LogP contribution in [-0.2, 0) is 17.9 Å². The number of methoxy groups -OCH3 is 1. The highest BCUT2D eigenvalue weighted by molar-refractivity contribution is 5.90. The maximum absolute atomic E-state index is 12.8. The van der Waals surface area contributed by atoms with Gasteiger partial charge in [-0.1, -0.05) is 17.3 Å². The molecule has 0 atom stereocenters. The number of amides is 1. The van der Waals surface area contributed by atoms with Crippen molar-refractivity contribution >= 4 is 22.8 Å². The van der Waals surface area contributed by atoms with Gasteiger partial charge in [-0.05, 0) is 48.9 Å². The molecule has 2 heterocycles. The predicted octanol–water partition coefficient (Wildman–Crippen LogP) is 2.08. The lowest BCUT2D eigenvalue weighted by Gasteiger charge is -2.08. The Bertz CT molecular complexity index is 1300. The van der Waals surface area contributed by atoms with Gasteiger partial charge in [0.25, 0.3) is 5.56 Å². The molecule has 1 amide bonds. The van der Waals surface area contributed by atoms with Gasteiger partial charge >= 0.3 is 0 Å². The van der Waals surface area contributed by atoms with Crippen molar-refractivity contribution in [1.29, 1.82) is 0 Å². The first-order valence-electron chi connectivity index (χ1n) is 10.0. The van der Waals surface area contributed by atoms with Crippen molar-refractivity contribution in [2.45, 2.75) is 20.0 Å². The van der Waals surface area contributed by atoms with E-state index in [1.54, 1.807) is 31.4 Å². The smallest absolute Gasteiger partial charge is 0.283 e. The van der Waals surface area contributed by atoms with Gasteiger partial charge in [0.1, 0.15) is 24.4 Å². The van der Waals surface area contributed by atoms with Crippen LogP contribution in [0, 0.1) is 0 Å². The third-order valence-electron chi connectivity index (χ3n) is 4.72. The summed E-state index contributed by atoms with van der Waals surface area (Å²) in [7, 11) is 1.60. The molecule has 0 aliphatic carbocycles. The van der Waals surface area contributed by atoms with Gasteiger partial charge in [0.15, 0.2) is 11.2 Å². The summed E-state index contributed by atoms with van der Waals surface area (Å²) in [4.78, 5) is 29.5. The third-order valence-corrected chi connectivity index (χ3v) is 4.72. The number of fused-ring (bicyclic) bond motifs is 1. The van der Waals surface area contributed by atoms with Crippen molar-refractivity contribution in [3.63, 3.8) is 0 Å². The average Bonchev–Trinajstić information content (AvgIpc) is 3.20. The largest absolute Gasteiger partial charge is 0.497 e. The first kappa shape index (κ1) is 21.0. The highest BCUT2D eigenvalue weighted by Crippen LogP contribution is 2.16. The minimum atomic E-state index is -0.436. The number of benzene rings is 2. The van der Waals surface area contributed by atoms with Crippen LogP contribution in [0.1, 0.15) is 12.5 Å². The molecule has 10 nitrogen and oxygen atoms in total. The van der Waals surface area contributed by atoms with E-state index in [2.05, 4.69) is 20.6 Å². The fourth-order valence-electron chi connectivity index (χ4n) is 3.21. The quantitative estimate of drug-likeness (QED) is 0.452. The van der Waals surface area contributed by atoms with Gasteiger partial charge in [-0.25, -0.2) is 9.67 Å². The number of hydrogen-bond donors (Lipinski definition) is 1. The van der Waals surface area contributed by atoms with Crippen molar-refractivity contribution in [3.05, 3.63) is 70.8 Å². The van der Waals surface area contributed by atoms with E-state index in [4.69, 9.17) is 9.47 Å². The molecule has 0 aliphatic rings. The average molecular weight is 434 g/mol. The number of anilines is 1. The molecular formula is C22H22N6O4. The van der Waals surface area contributed by atoms with Gasteiger partial charge in [0, 0.05) is 5.69 Å². The van der Waals surface area contributed by atoms with Crippen LogP contribution in [0.15, 0.2) is 59.7 Å².